The van der Waals surface area contributed by atoms with Crippen LogP contribution < -0.4 is 10.0 Å². The van der Waals surface area contributed by atoms with E-state index in [1.54, 1.807) is 29.6 Å². The summed E-state index contributed by atoms with van der Waals surface area (Å²) in [6.45, 7) is 1.42. The highest BCUT2D eigenvalue weighted by Crippen LogP contribution is 2.23. The maximum Gasteiger partial charge on any atom is 0.261 e. The Morgan fingerprint density at radius 2 is 2.00 bits per heavy atom. The van der Waals surface area contributed by atoms with Crippen LogP contribution in [0.15, 0.2) is 40.1 Å². The second-order valence-electron chi connectivity index (χ2n) is 3.58. The van der Waals surface area contributed by atoms with Gasteiger partial charge in [0.2, 0.25) is 5.91 Å². The topological polar surface area (TPSA) is 71.1 Å². The lowest BCUT2D eigenvalue weighted by Crippen LogP contribution is -2.15. The van der Waals surface area contributed by atoms with Gasteiger partial charge in [0.1, 0.15) is 5.82 Å². The van der Waals surface area contributed by atoms with E-state index in [4.69, 9.17) is 0 Å². The molecule has 19 heavy (non-hydrogen) atoms. The second kappa shape index (κ2) is 6.35. The van der Waals surface area contributed by atoms with E-state index in [2.05, 4.69) is 15.0 Å². The Kier molecular flexibility index (Phi) is 4.53. The number of carbonyl (C=O) groups excluding carboxylic acids is 2. The molecule has 0 aliphatic rings. The smallest absolute Gasteiger partial charge is 0.261 e. The molecule has 1 aromatic heterocycles. The number of hydrogen-bond acceptors (Lipinski definition) is 5. The molecule has 0 aliphatic carbocycles. The molecular formula is C12H11N3O2S2. The second-order valence-corrected chi connectivity index (χ2v) is 5.49. The molecule has 0 saturated heterocycles. The van der Waals surface area contributed by atoms with Gasteiger partial charge in [0.25, 0.3) is 5.91 Å². The third-order valence-corrected chi connectivity index (χ3v) is 3.78. The predicted octanol–water partition coefficient (Wildman–Crippen LogP) is 2.54. The number of amides is 2. The highest BCUT2D eigenvalue weighted by molar-refractivity contribution is 7.99. The van der Waals surface area contributed by atoms with Gasteiger partial charge in [0, 0.05) is 29.8 Å². The average Bonchev–Trinajstić information content (AvgIpc) is 2.84. The molecule has 0 bridgehead atoms. The maximum absolute atomic E-state index is 11.8. The Morgan fingerprint density at radius 1 is 1.26 bits per heavy atom. The first kappa shape index (κ1) is 13.6. The number of rotatable bonds is 4. The van der Waals surface area contributed by atoms with Crippen molar-refractivity contribution in [1.29, 1.82) is 0 Å². The van der Waals surface area contributed by atoms with Crippen molar-refractivity contribution in [2.24, 2.45) is 0 Å². The van der Waals surface area contributed by atoms with Gasteiger partial charge in [0.05, 0.1) is 0 Å². The van der Waals surface area contributed by atoms with E-state index >= 15 is 0 Å². The van der Waals surface area contributed by atoms with E-state index in [-0.39, 0.29) is 11.8 Å². The number of nitrogens with zero attached hydrogens (tertiary/aromatic N) is 1. The molecule has 2 amide bonds. The molecule has 1 aromatic carbocycles. The van der Waals surface area contributed by atoms with Gasteiger partial charge < -0.3 is 5.32 Å². The van der Waals surface area contributed by atoms with Crippen LogP contribution in [0.1, 0.15) is 17.3 Å². The van der Waals surface area contributed by atoms with E-state index in [9.17, 15) is 9.59 Å². The van der Waals surface area contributed by atoms with Crippen LogP contribution in [0.3, 0.4) is 0 Å². The van der Waals surface area contributed by atoms with Crippen LogP contribution in [-0.2, 0) is 4.79 Å². The zero-order chi connectivity index (χ0) is 13.7. The lowest BCUT2D eigenvalue weighted by atomic mass is 10.2. The minimum atomic E-state index is -0.179. The standard InChI is InChI=1S/C12H11N3O2S2/c1-8(16)13-10-7-18-12(14-10)19-15-11(17)9-5-3-2-4-6-9/h2-7H,1H3,(H,13,16)(H,15,17). The molecule has 0 radical (unpaired) electrons. The fraction of sp³-hybridized carbons (Fsp3) is 0.0833. The molecule has 2 N–H and O–H groups in total. The molecule has 0 spiro atoms. The van der Waals surface area contributed by atoms with Crippen LogP contribution in [0.5, 0.6) is 0 Å². The third kappa shape index (κ3) is 4.08. The minimum absolute atomic E-state index is 0.171. The highest BCUT2D eigenvalue weighted by Gasteiger charge is 2.08. The Bertz CT molecular complexity index is 584. The maximum atomic E-state index is 11.8. The first-order chi connectivity index (χ1) is 9.15. The zero-order valence-corrected chi connectivity index (χ0v) is 11.7. The van der Waals surface area contributed by atoms with Gasteiger partial charge in [-0.15, -0.1) is 11.3 Å². The van der Waals surface area contributed by atoms with Crippen LogP contribution in [0.25, 0.3) is 0 Å². The number of anilines is 1. The summed E-state index contributed by atoms with van der Waals surface area (Å²) >= 11 is 2.48. The first-order valence-corrected chi connectivity index (χ1v) is 7.10. The summed E-state index contributed by atoms with van der Waals surface area (Å²) in [6.07, 6.45) is 0. The molecule has 0 aliphatic heterocycles. The van der Waals surface area contributed by atoms with Crippen LogP contribution in [0, 0.1) is 0 Å². The number of nitrogens with one attached hydrogen (secondary N) is 2. The molecule has 5 nitrogen and oxygen atoms in total. The number of carbonyl (C=O) groups is 2. The summed E-state index contributed by atoms with van der Waals surface area (Å²) in [4.78, 5) is 26.8. The zero-order valence-electron chi connectivity index (χ0n) is 10.0. The van der Waals surface area contributed by atoms with Crippen molar-refractivity contribution in [1.82, 2.24) is 9.71 Å². The van der Waals surface area contributed by atoms with E-state index in [1.807, 2.05) is 6.07 Å². The summed E-state index contributed by atoms with van der Waals surface area (Å²) < 4.78 is 3.36. The van der Waals surface area contributed by atoms with Crippen molar-refractivity contribution in [3.05, 3.63) is 41.3 Å². The summed E-state index contributed by atoms with van der Waals surface area (Å²) in [7, 11) is 0. The summed E-state index contributed by atoms with van der Waals surface area (Å²) in [5, 5.41) is 4.30. The van der Waals surface area contributed by atoms with E-state index in [0.29, 0.717) is 15.7 Å². The number of hydrogen-bond donors (Lipinski definition) is 2. The van der Waals surface area contributed by atoms with Gasteiger partial charge in [-0.25, -0.2) is 4.98 Å². The Hall–Kier alpha value is -1.86. The number of aromatic nitrogens is 1. The number of thiazole rings is 1. The van der Waals surface area contributed by atoms with Crippen LogP contribution >= 0.6 is 23.3 Å². The van der Waals surface area contributed by atoms with Crippen molar-refractivity contribution in [3.63, 3.8) is 0 Å². The lowest BCUT2D eigenvalue weighted by molar-refractivity contribution is -0.114. The quantitative estimate of drug-likeness (QED) is 0.850. The molecule has 1 heterocycles. The molecule has 98 valence electrons. The first-order valence-electron chi connectivity index (χ1n) is 5.40. The van der Waals surface area contributed by atoms with Gasteiger partial charge in [-0.2, -0.15) is 0 Å². The fourth-order valence-electron chi connectivity index (χ4n) is 1.28. The normalized spacial score (nSPS) is 9.95. The highest BCUT2D eigenvalue weighted by atomic mass is 32.2. The Morgan fingerprint density at radius 3 is 2.68 bits per heavy atom. The lowest BCUT2D eigenvalue weighted by Gasteiger charge is -2.01. The molecule has 7 heteroatoms. The summed E-state index contributed by atoms with van der Waals surface area (Å²) in [5.74, 6) is 0.144. The fourth-order valence-corrected chi connectivity index (χ4v) is 2.66. The van der Waals surface area contributed by atoms with Crippen LogP contribution in [0.4, 0.5) is 5.82 Å². The SMILES string of the molecule is CC(=O)Nc1csc(SNC(=O)c2ccccc2)n1. The summed E-state index contributed by atoms with van der Waals surface area (Å²) in [5.41, 5.74) is 0.591. The molecule has 0 atom stereocenters. The third-order valence-electron chi connectivity index (χ3n) is 2.05. The van der Waals surface area contributed by atoms with E-state index < -0.39 is 0 Å². The molecule has 2 aromatic rings. The molecule has 2 rings (SSSR count). The number of benzene rings is 1. The Balaban J connectivity index is 1.90. The van der Waals surface area contributed by atoms with Gasteiger partial charge in [0.15, 0.2) is 4.34 Å². The Labute approximate surface area is 118 Å². The molecule has 0 saturated carbocycles. The van der Waals surface area contributed by atoms with Crippen LogP contribution in [-0.4, -0.2) is 16.8 Å². The van der Waals surface area contributed by atoms with Crippen molar-refractivity contribution < 1.29 is 9.59 Å². The van der Waals surface area contributed by atoms with Crippen molar-refractivity contribution >= 4 is 40.9 Å². The van der Waals surface area contributed by atoms with Gasteiger partial charge in [-0.3, -0.25) is 14.3 Å². The van der Waals surface area contributed by atoms with Gasteiger partial charge >= 0.3 is 0 Å². The van der Waals surface area contributed by atoms with Gasteiger partial charge in [-0.1, -0.05) is 18.2 Å². The average molecular weight is 293 g/mol. The van der Waals surface area contributed by atoms with E-state index in [0.717, 1.165) is 11.9 Å². The molecular weight excluding hydrogens is 282 g/mol. The van der Waals surface area contributed by atoms with Crippen molar-refractivity contribution in [3.8, 4) is 0 Å². The molecule has 0 unspecified atom stereocenters. The monoisotopic (exact) mass is 293 g/mol. The van der Waals surface area contributed by atoms with Crippen molar-refractivity contribution in [2.75, 3.05) is 5.32 Å². The minimum Gasteiger partial charge on any atom is -0.310 e. The largest absolute Gasteiger partial charge is 0.310 e. The van der Waals surface area contributed by atoms with Crippen LogP contribution in [0.2, 0.25) is 0 Å². The van der Waals surface area contributed by atoms with E-state index in [1.165, 1.54) is 18.3 Å². The van der Waals surface area contributed by atoms with Crippen molar-refractivity contribution in [2.45, 2.75) is 11.3 Å². The molecule has 0 fully saturated rings. The predicted molar refractivity (Wildman–Crippen MR) is 76.2 cm³/mol. The van der Waals surface area contributed by atoms with Gasteiger partial charge in [-0.05, 0) is 12.1 Å². The summed E-state index contributed by atoms with van der Waals surface area (Å²) in [6, 6.07) is 8.93.